The Kier molecular flexibility index (Phi) is 9.39. The number of aliphatic hydroxyl groups is 1. The number of aromatic hydroxyl groups is 1. The van der Waals surface area contributed by atoms with Crippen LogP contribution in [0.1, 0.15) is 87.7 Å². The zero-order valence-electron chi connectivity index (χ0n) is 22.2. The van der Waals surface area contributed by atoms with Gasteiger partial charge in [0.05, 0.1) is 18.2 Å². The second-order valence-electron chi connectivity index (χ2n) is 10.8. The summed E-state index contributed by atoms with van der Waals surface area (Å²) >= 11 is 1.53. The van der Waals surface area contributed by atoms with E-state index in [1.807, 2.05) is 13.2 Å². The number of carbonyl (C=O) groups is 2. The molecule has 3 atom stereocenters. The number of allylic oxidation sites excluding steroid dienone is 2. The quantitative estimate of drug-likeness (QED) is 0.327. The van der Waals surface area contributed by atoms with Gasteiger partial charge in [-0.25, -0.2) is 4.79 Å². The number of phenols is 1. The monoisotopic (exact) mass is 519 g/mol. The van der Waals surface area contributed by atoms with Crippen LogP contribution in [-0.2, 0) is 17.8 Å². The zero-order valence-corrected chi connectivity index (χ0v) is 23.0. The number of thioether (sulfide) groups is 1. The van der Waals surface area contributed by atoms with Crippen LogP contribution in [0.2, 0.25) is 0 Å². The Morgan fingerprint density at radius 1 is 1.33 bits per heavy atom. The van der Waals surface area contributed by atoms with Crippen molar-refractivity contribution in [2.75, 3.05) is 12.0 Å². The van der Waals surface area contributed by atoms with E-state index in [4.69, 9.17) is 4.74 Å². The van der Waals surface area contributed by atoms with Crippen LogP contribution in [-0.4, -0.2) is 61.9 Å². The number of rotatable bonds is 12. The summed E-state index contributed by atoms with van der Waals surface area (Å²) in [5.74, 6) is 0.177. The SMILES string of the molecule is CSCC[C@@H](C(=O)O)N1Cc2c(cc(O)c3c2O[C@@](C)(CC/C=C(\C)CCCC(C)C)[C@@H](O)C3)C1=O. The van der Waals surface area contributed by atoms with Gasteiger partial charge in [0.2, 0.25) is 0 Å². The molecule has 0 aliphatic carbocycles. The number of ether oxygens (including phenoxy) is 1. The normalized spacial score (nSPS) is 22.4. The predicted molar refractivity (Wildman–Crippen MR) is 143 cm³/mol. The first-order valence-electron chi connectivity index (χ1n) is 12.9. The van der Waals surface area contributed by atoms with Crippen LogP contribution in [0, 0.1) is 5.92 Å². The molecule has 1 aromatic carbocycles. The minimum Gasteiger partial charge on any atom is -0.508 e. The fourth-order valence-electron chi connectivity index (χ4n) is 5.12. The number of aliphatic hydroxyl groups excluding tert-OH is 1. The first-order chi connectivity index (χ1) is 17.0. The summed E-state index contributed by atoms with van der Waals surface area (Å²) in [5, 5.41) is 31.4. The summed E-state index contributed by atoms with van der Waals surface area (Å²) in [7, 11) is 0. The fraction of sp³-hybridized carbons (Fsp3) is 0.643. The molecule has 2 aliphatic heterocycles. The molecule has 8 heteroatoms. The molecule has 0 unspecified atom stereocenters. The van der Waals surface area contributed by atoms with Crippen LogP contribution < -0.4 is 4.74 Å². The van der Waals surface area contributed by atoms with E-state index < -0.39 is 29.6 Å². The van der Waals surface area contributed by atoms with E-state index in [0.717, 1.165) is 19.3 Å². The smallest absolute Gasteiger partial charge is 0.326 e. The Morgan fingerprint density at radius 2 is 2.06 bits per heavy atom. The minimum atomic E-state index is -1.04. The first-order valence-corrected chi connectivity index (χ1v) is 14.3. The summed E-state index contributed by atoms with van der Waals surface area (Å²) < 4.78 is 6.40. The van der Waals surface area contributed by atoms with E-state index >= 15 is 0 Å². The molecule has 0 radical (unpaired) electrons. The molecule has 3 rings (SSSR count). The van der Waals surface area contributed by atoms with Crippen molar-refractivity contribution >= 4 is 23.6 Å². The Morgan fingerprint density at radius 3 is 2.69 bits per heavy atom. The van der Waals surface area contributed by atoms with Crippen molar-refractivity contribution in [3.63, 3.8) is 0 Å². The number of fused-ring (bicyclic) bond motifs is 3. The van der Waals surface area contributed by atoms with Crippen LogP contribution in [0.3, 0.4) is 0 Å². The lowest BCUT2D eigenvalue weighted by molar-refractivity contribution is -0.142. The molecule has 0 aromatic heterocycles. The van der Waals surface area contributed by atoms with E-state index in [9.17, 15) is 24.9 Å². The standard InChI is InChI=1S/C28H41NO6S/c1-17(2)8-6-9-18(3)10-7-12-28(4)24(31)15-20-23(30)14-19-21(25(20)35-28)16-29(26(19)32)22(27(33)34)11-13-36-5/h10,14,17,22,24,30-31H,6-9,11-13,15-16H2,1-5H3,(H,33,34)/b18-10+/t22-,24-,28-/m0/s1. The minimum absolute atomic E-state index is 0.100. The van der Waals surface area contributed by atoms with Gasteiger partial charge in [0.25, 0.3) is 5.91 Å². The molecule has 1 aromatic rings. The average molecular weight is 520 g/mol. The number of aliphatic carboxylic acids is 1. The molecule has 0 bridgehead atoms. The van der Waals surface area contributed by atoms with Crippen LogP contribution in [0.25, 0.3) is 0 Å². The van der Waals surface area contributed by atoms with Gasteiger partial charge < -0.3 is 25.0 Å². The highest BCUT2D eigenvalue weighted by Crippen LogP contribution is 2.46. The van der Waals surface area contributed by atoms with Crippen LogP contribution in [0.4, 0.5) is 0 Å². The van der Waals surface area contributed by atoms with Crippen molar-refractivity contribution in [1.82, 2.24) is 4.90 Å². The van der Waals surface area contributed by atoms with E-state index in [1.165, 1.54) is 34.7 Å². The van der Waals surface area contributed by atoms with Gasteiger partial charge in [0.1, 0.15) is 23.1 Å². The third kappa shape index (κ3) is 6.20. The molecular formula is C28H41NO6S. The Labute approximate surface area is 218 Å². The number of phenolic OH excluding ortho intramolecular Hbond substituents is 1. The largest absolute Gasteiger partial charge is 0.508 e. The van der Waals surface area contributed by atoms with Crippen molar-refractivity contribution in [3.8, 4) is 11.5 Å². The maximum atomic E-state index is 13.2. The molecule has 200 valence electrons. The van der Waals surface area contributed by atoms with Gasteiger partial charge in [0, 0.05) is 17.5 Å². The third-order valence-electron chi connectivity index (χ3n) is 7.46. The fourth-order valence-corrected chi connectivity index (χ4v) is 5.57. The number of amides is 1. The predicted octanol–water partition coefficient (Wildman–Crippen LogP) is 5.16. The molecule has 1 amide bonds. The van der Waals surface area contributed by atoms with Crippen molar-refractivity contribution in [2.24, 2.45) is 5.92 Å². The lowest BCUT2D eigenvalue weighted by Crippen LogP contribution is -2.49. The van der Waals surface area contributed by atoms with Crippen molar-refractivity contribution in [1.29, 1.82) is 0 Å². The number of carboxylic acids is 1. The lowest BCUT2D eigenvalue weighted by Gasteiger charge is -2.41. The van der Waals surface area contributed by atoms with Gasteiger partial charge >= 0.3 is 5.97 Å². The highest BCUT2D eigenvalue weighted by molar-refractivity contribution is 7.98. The van der Waals surface area contributed by atoms with E-state index in [2.05, 4.69) is 26.8 Å². The highest BCUT2D eigenvalue weighted by atomic mass is 32.2. The van der Waals surface area contributed by atoms with Crippen LogP contribution in [0.5, 0.6) is 11.5 Å². The number of hydrogen-bond acceptors (Lipinski definition) is 6. The Balaban J connectivity index is 1.80. The molecule has 0 saturated heterocycles. The molecular weight excluding hydrogens is 478 g/mol. The second-order valence-corrected chi connectivity index (χ2v) is 11.8. The molecule has 0 saturated carbocycles. The molecule has 36 heavy (non-hydrogen) atoms. The summed E-state index contributed by atoms with van der Waals surface area (Å²) in [6, 6.07) is 0.450. The maximum Gasteiger partial charge on any atom is 0.326 e. The summed E-state index contributed by atoms with van der Waals surface area (Å²) in [6.07, 6.45) is 8.59. The molecule has 7 nitrogen and oxygen atoms in total. The summed E-state index contributed by atoms with van der Waals surface area (Å²) in [4.78, 5) is 26.5. The summed E-state index contributed by atoms with van der Waals surface area (Å²) in [5.41, 5.74) is 1.80. The number of carboxylic acid groups (broad SMARTS) is 1. The van der Waals surface area contributed by atoms with E-state index in [-0.39, 0.29) is 24.3 Å². The van der Waals surface area contributed by atoms with Gasteiger partial charge in [-0.2, -0.15) is 11.8 Å². The van der Waals surface area contributed by atoms with Crippen LogP contribution in [0.15, 0.2) is 17.7 Å². The number of hydrogen-bond donors (Lipinski definition) is 3. The first kappa shape index (κ1) is 28.4. The number of benzene rings is 1. The number of carbonyl (C=O) groups excluding carboxylic acids is 1. The van der Waals surface area contributed by atoms with Gasteiger partial charge in [-0.3, -0.25) is 4.79 Å². The second kappa shape index (κ2) is 11.9. The Hall–Kier alpha value is -2.19. The van der Waals surface area contributed by atoms with Crippen molar-refractivity contribution in [3.05, 3.63) is 34.4 Å². The summed E-state index contributed by atoms with van der Waals surface area (Å²) in [6.45, 7) is 8.58. The third-order valence-corrected chi connectivity index (χ3v) is 8.11. The van der Waals surface area contributed by atoms with Gasteiger partial charge in [-0.1, -0.05) is 31.9 Å². The average Bonchev–Trinajstić information content (AvgIpc) is 3.11. The molecule has 0 spiro atoms. The highest BCUT2D eigenvalue weighted by Gasteiger charge is 2.45. The molecule has 0 fully saturated rings. The Bertz CT molecular complexity index is 1010. The van der Waals surface area contributed by atoms with E-state index in [1.54, 1.807) is 0 Å². The molecule has 3 N–H and O–H groups in total. The molecule has 2 heterocycles. The van der Waals surface area contributed by atoms with Gasteiger partial charge in [-0.15, -0.1) is 0 Å². The lowest BCUT2D eigenvalue weighted by atomic mass is 9.84. The number of nitrogens with zero attached hydrogens (tertiary/aromatic N) is 1. The maximum absolute atomic E-state index is 13.2. The van der Waals surface area contributed by atoms with Gasteiger partial charge in [0.15, 0.2) is 0 Å². The zero-order chi connectivity index (χ0) is 26.6. The topological polar surface area (TPSA) is 107 Å². The molecule has 2 aliphatic rings. The van der Waals surface area contributed by atoms with Gasteiger partial charge in [-0.05, 0) is 69.9 Å². The van der Waals surface area contributed by atoms with Crippen molar-refractivity contribution < 1.29 is 29.6 Å². The van der Waals surface area contributed by atoms with E-state index in [0.29, 0.717) is 41.4 Å². The van der Waals surface area contributed by atoms with Crippen LogP contribution >= 0.6 is 11.8 Å². The van der Waals surface area contributed by atoms with Crippen molar-refractivity contribution in [2.45, 2.75) is 96.9 Å².